The van der Waals surface area contributed by atoms with Crippen LogP contribution in [-0.4, -0.2) is 39.5 Å². The standard InChI is InChI=1S/C21H33FO5/c1-5-7-11-25-13-16(3)14-26-20(15-27-21(23)8-6-2)18-12-17(22)9-10-19(18)24-4/h9-10,12,16,20H,5-8,11,13-15H2,1-4H3/t16?,20-/m0/s1. The zero-order chi connectivity index (χ0) is 20.1. The topological polar surface area (TPSA) is 54.0 Å². The minimum atomic E-state index is -0.602. The lowest BCUT2D eigenvalue weighted by Crippen LogP contribution is -2.21. The van der Waals surface area contributed by atoms with E-state index in [-0.39, 0.29) is 18.5 Å². The first-order valence-electron chi connectivity index (χ1n) is 9.70. The average molecular weight is 384 g/mol. The number of unbranched alkanes of at least 4 members (excludes halogenated alkanes) is 1. The van der Waals surface area contributed by atoms with E-state index in [1.165, 1.54) is 19.2 Å². The van der Waals surface area contributed by atoms with Crippen molar-refractivity contribution < 1.29 is 28.1 Å². The van der Waals surface area contributed by atoms with Gasteiger partial charge in [0.15, 0.2) is 0 Å². The van der Waals surface area contributed by atoms with Gasteiger partial charge in [-0.05, 0) is 31.0 Å². The second kappa shape index (κ2) is 13.5. The van der Waals surface area contributed by atoms with Gasteiger partial charge in [0.2, 0.25) is 0 Å². The Morgan fingerprint density at radius 1 is 1.15 bits per heavy atom. The predicted molar refractivity (Wildman–Crippen MR) is 102 cm³/mol. The van der Waals surface area contributed by atoms with Crippen LogP contribution in [0.25, 0.3) is 0 Å². The summed E-state index contributed by atoms with van der Waals surface area (Å²) in [5.41, 5.74) is 0.529. The summed E-state index contributed by atoms with van der Waals surface area (Å²) >= 11 is 0. The molecule has 0 aromatic heterocycles. The van der Waals surface area contributed by atoms with Gasteiger partial charge in [0.25, 0.3) is 0 Å². The first-order chi connectivity index (χ1) is 13.0. The maximum atomic E-state index is 13.8. The summed E-state index contributed by atoms with van der Waals surface area (Å²) < 4.78 is 36.0. The van der Waals surface area contributed by atoms with E-state index in [0.29, 0.717) is 37.4 Å². The van der Waals surface area contributed by atoms with Crippen molar-refractivity contribution in [3.63, 3.8) is 0 Å². The molecule has 154 valence electrons. The summed E-state index contributed by atoms with van der Waals surface area (Å²) in [6, 6.07) is 4.23. The summed E-state index contributed by atoms with van der Waals surface area (Å²) in [7, 11) is 1.51. The van der Waals surface area contributed by atoms with Crippen molar-refractivity contribution in [1.82, 2.24) is 0 Å². The summed E-state index contributed by atoms with van der Waals surface area (Å²) in [6.45, 7) is 7.79. The molecule has 0 saturated heterocycles. The Hall–Kier alpha value is -1.66. The third-order valence-electron chi connectivity index (χ3n) is 4.01. The summed E-state index contributed by atoms with van der Waals surface area (Å²) in [6.07, 6.45) is 2.57. The third kappa shape index (κ3) is 9.20. The molecule has 27 heavy (non-hydrogen) atoms. The van der Waals surface area contributed by atoms with E-state index >= 15 is 0 Å². The largest absolute Gasteiger partial charge is 0.496 e. The number of ether oxygens (including phenoxy) is 4. The highest BCUT2D eigenvalue weighted by Crippen LogP contribution is 2.29. The van der Waals surface area contributed by atoms with Crippen LogP contribution in [0.3, 0.4) is 0 Å². The lowest BCUT2D eigenvalue weighted by atomic mass is 10.1. The number of rotatable bonds is 14. The number of methoxy groups -OCH3 is 1. The quantitative estimate of drug-likeness (QED) is 0.344. The Labute approximate surface area is 162 Å². The lowest BCUT2D eigenvalue weighted by molar-refractivity contribution is -0.148. The minimum absolute atomic E-state index is 0.0159. The number of carbonyl (C=O) groups excluding carboxylic acids is 1. The van der Waals surface area contributed by atoms with Gasteiger partial charge in [-0.25, -0.2) is 4.39 Å². The summed E-state index contributed by atoms with van der Waals surface area (Å²) in [5, 5.41) is 0. The number of hydrogen-bond donors (Lipinski definition) is 0. The van der Waals surface area contributed by atoms with E-state index < -0.39 is 11.9 Å². The molecule has 0 amide bonds. The number of carbonyl (C=O) groups is 1. The highest BCUT2D eigenvalue weighted by molar-refractivity contribution is 5.69. The van der Waals surface area contributed by atoms with E-state index in [1.54, 1.807) is 6.07 Å². The van der Waals surface area contributed by atoms with Crippen molar-refractivity contribution in [2.75, 3.05) is 33.5 Å². The second-order valence-electron chi connectivity index (χ2n) is 6.67. The molecule has 0 bridgehead atoms. The van der Waals surface area contributed by atoms with Crippen LogP contribution in [-0.2, 0) is 19.0 Å². The van der Waals surface area contributed by atoms with Crippen LogP contribution in [0.1, 0.15) is 58.1 Å². The fourth-order valence-electron chi connectivity index (χ4n) is 2.49. The van der Waals surface area contributed by atoms with Crippen LogP contribution in [0.4, 0.5) is 4.39 Å². The molecule has 1 aromatic rings. The molecular weight excluding hydrogens is 351 g/mol. The zero-order valence-electron chi connectivity index (χ0n) is 17.0. The van der Waals surface area contributed by atoms with Gasteiger partial charge in [-0.3, -0.25) is 4.79 Å². The Morgan fingerprint density at radius 2 is 1.93 bits per heavy atom. The highest BCUT2D eigenvalue weighted by Gasteiger charge is 2.21. The molecule has 2 atom stereocenters. The average Bonchev–Trinajstić information content (AvgIpc) is 2.65. The first kappa shape index (κ1) is 23.4. The molecule has 0 aliphatic carbocycles. The van der Waals surface area contributed by atoms with Gasteiger partial charge in [0.05, 0.1) is 20.3 Å². The second-order valence-corrected chi connectivity index (χ2v) is 6.67. The van der Waals surface area contributed by atoms with Crippen molar-refractivity contribution in [2.24, 2.45) is 5.92 Å². The van der Waals surface area contributed by atoms with Crippen molar-refractivity contribution in [2.45, 2.75) is 52.6 Å². The molecule has 1 rings (SSSR count). The maximum Gasteiger partial charge on any atom is 0.305 e. The lowest BCUT2D eigenvalue weighted by Gasteiger charge is -2.22. The number of hydrogen-bond acceptors (Lipinski definition) is 5. The van der Waals surface area contributed by atoms with Crippen molar-refractivity contribution in [3.05, 3.63) is 29.6 Å². The van der Waals surface area contributed by atoms with Crippen molar-refractivity contribution >= 4 is 5.97 Å². The van der Waals surface area contributed by atoms with Crippen molar-refractivity contribution in [1.29, 1.82) is 0 Å². The number of halogens is 1. The molecule has 0 heterocycles. The normalized spacial score (nSPS) is 13.2. The maximum absolute atomic E-state index is 13.8. The van der Waals surface area contributed by atoms with Gasteiger partial charge < -0.3 is 18.9 Å². The smallest absolute Gasteiger partial charge is 0.305 e. The van der Waals surface area contributed by atoms with E-state index in [1.807, 2.05) is 13.8 Å². The fourth-order valence-corrected chi connectivity index (χ4v) is 2.49. The van der Waals surface area contributed by atoms with Gasteiger partial charge in [0.1, 0.15) is 24.3 Å². The van der Waals surface area contributed by atoms with Crippen LogP contribution >= 0.6 is 0 Å². The van der Waals surface area contributed by atoms with E-state index in [0.717, 1.165) is 19.4 Å². The van der Waals surface area contributed by atoms with Crippen molar-refractivity contribution in [3.8, 4) is 5.75 Å². The molecule has 1 aromatic carbocycles. The van der Waals surface area contributed by atoms with Gasteiger partial charge in [-0.1, -0.05) is 27.2 Å². The fraction of sp³-hybridized carbons (Fsp3) is 0.667. The molecule has 0 fully saturated rings. The molecule has 0 N–H and O–H groups in total. The number of benzene rings is 1. The summed E-state index contributed by atoms with van der Waals surface area (Å²) in [5.74, 6) is -0.0253. The zero-order valence-corrected chi connectivity index (χ0v) is 17.0. The number of esters is 1. The monoisotopic (exact) mass is 384 g/mol. The van der Waals surface area contributed by atoms with Gasteiger partial charge in [-0.2, -0.15) is 0 Å². The Kier molecular flexibility index (Phi) is 11.7. The van der Waals surface area contributed by atoms with Crippen LogP contribution in [0, 0.1) is 11.7 Å². The summed E-state index contributed by atoms with van der Waals surface area (Å²) in [4.78, 5) is 11.7. The van der Waals surface area contributed by atoms with Gasteiger partial charge in [0, 0.05) is 24.5 Å². The minimum Gasteiger partial charge on any atom is -0.496 e. The molecular formula is C21H33FO5. The van der Waals surface area contributed by atoms with E-state index in [2.05, 4.69) is 6.92 Å². The van der Waals surface area contributed by atoms with Crippen LogP contribution in [0.2, 0.25) is 0 Å². The van der Waals surface area contributed by atoms with E-state index in [4.69, 9.17) is 18.9 Å². The Bertz CT molecular complexity index is 549. The highest BCUT2D eigenvalue weighted by atomic mass is 19.1. The molecule has 0 aliphatic heterocycles. The van der Waals surface area contributed by atoms with E-state index in [9.17, 15) is 9.18 Å². The first-order valence-corrected chi connectivity index (χ1v) is 9.70. The molecule has 0 aliphatic rings. The molecule has 0 spiro atoms. The van der Waals surface area contributed by atoms with Gasteiger partial charge >= 0.3 is 5.97 Å². The third-order valence-corrected chi connectivity index (χ3v) is 4.01. The predicted octanol–water partition coefficient (Wildman–Crippen LogP) is 4.69. The Balaban J connectivity index is 2.73. The Morgan fingerprint density at radius 3 is 2.59 bits per heavy atom. The SMILES string of the molecule is CCCCOCC(C)CO[C@@H](COC(=O)CCC)c1cc(F)ccc1OC. The molecule has 0 saturated carbocycles. The van der Waals surface area contributed by atoms with Crippen LogP contribution in [0.5, 0.6) is 5.75 Å². The van der Waals surface area contributed by atoms with Crippen LogP contribution in [0.15, 0.2) is 18.2 Å². The van der Waals surface area contributed by atoms with Gasteiger partial charge in [-0.15, -0.1) is 0 Å². The molecule has 5 nitrogen and oxygen atoms in total. The molecule has 1 unspecified atom stereocenters. The molecule has 0 radical (unpaired) electrons. The molecule has 6 heteroatoms. The van der Waals surface area contributed by atoms with Crippen LogP contribution < -0.4 is 4.74 Å².